The summed E-state index contributed by atoms with van der Waals surface area (Å²) in [5.41, 5.74) is 0.800. The first-order valence-electron chi connectivity index (χ1n) is 9.63. The molecule has 0 aliphatic carbocycles. The smallest absolute Gasteiger partial charge is 0.191 e. The van der Waals surface area contributed by atoms with Gasteiger partial charge in [0.1, 0.15) is 5.75 Å². The molecule has 28 heavy (non-hydrogen) atoms. The van der Waals surface area contributed by atoms with Crippen molar-refractivity contribution in [1.29, 1.82) is 0 Å². The summed E-state index contributed by atoms with van der Waals surface area (Å²) in [5.74, 6) is 1.49. The van der Waals surface area contributed by atoms with Crippen LogP contribution in [0, 0.1) is 0 Å². The van der Waals surface area contributed by atoms with Crippen LogP contribution in [0.1, 0.15) is 32.4 Å². The molecule has 1 aromatic carbocycles. The fourth-order valence-corrected chi connectivity index (χ4v) is 3.02. The fraction of sp³-hybridized carbons (Fsp3) is 0.650. The number of nitrogens with zero attached hydrogens (tertiary/aromatic N) is 2. The Hall–Kier alpha value is -1.10. The van der Waals surface area contributed by atoms with E-state index in [1.807, 2.05) is 31.2 Å². The van der Waals surface area contributed by atoms with Crippen molar-refractivity contribution in [2.24, 2.45) is 4.99 Å². The molecule has 1 atom stereocenters. The van der Waals surface area contributed by atoms with Crippen LogP contribution in [-0.2, 0) is 4.74 Å². The molecule has 1 aliphatic heterocycles. The summed E-state index contributed by atoms with van der Waals surface area (Å²) in [6, 6.07) is 7.44. The lowest BCUT2D eigenvalue weighted by molar-refractivity contribution is -0.00684. The number of nitrogens with one attached hydrogen (secondary N) is 2. The van der Waals surface area contributed by atoms with Crippen molar-refractivity contribution in [3.63, 3.8) is 0 Å². The molecule has 0 aromatic heterocycles. The second-order valence-electron chi connectivity index (χ2n) is 7.28. The second-order valence-corrected chi connectivity index (χ2v) is 7.28. The van der Waals surface area contributed by atoms with E-state index in [1.54, 1.807) is 7.11 Å². The molecule has 2 rings (SSSR count). The zero-order valence-corrected chi connectivity index (χ0v) is 19.7. The van der Waals surface area contributed by atoms with E-state index in [-0.39, 0.29) is 29.5 Å². The van der Waals surface area contributed by atoms with Crippen LogP contribution < -0.4 is 15.4 Å². The van der Waals surface area contributed by atoms with Crippen LogP contribution in [0.25, 0.3) is 0 Å². The zero-order chi connectivity index (χ0) is 19.7. The third-order valence-electron chi connectivity index (χ3n) is 4.80. The van der Waals surface area contributed by atoms with E-state index in [9.17, 15) is 5.11 Å². The largest absolute Gasteiger partial charge is 0.497 e. The van der Waals surface area contributed by atoms with Gasteiger partial charge >= 0.3 is 0 Å². The minimum atomic E-state index is -0.619. The van der Waals surface area contributed by atoms with Gasteiger partial charge in [-0.1, -0.05) is 12.1 Å². The van der Waals surface area contributed by atoms with Crippen LogP contribution in [0.15, 0.2) is 29.3 Å². The standard InChI is InChI=1S/C20H34N4O3.HI/c1-5-21-19(23-15-20(2,3)24-10-12-27-13-11-24)22-14-18(25)16-6-8-17(26-4)9-7-16;/h6-9,18,25H,5,10-15H2,1-4H3,(H2,21,22,23);1H. The quantitative estimate of drug-likeness (QED) is 0.285. The molecule has 1 unspecified atom stereocenters. The summed E-state index contributed by atoms with van der Waals surface area (Å²) in [5, 5.41) is 16.9. The van der Waals surface area contributed by atoms with Gasteiger partial charge in [-0.25, -0.2) is 0 Å². The number of hydrogen-bond donors (Lipinski definition) is 3. The van der Waals surface area contributed by atoms with Crippen LogP contribution in [0.3, 0.4) is 0 Å². The Morgan fingerprint density at radius 3 is 2.46 bits per heavy atom. The highest BCUT2D eigenvalue weighted by molar-refractivity contribution is 14.0. The zero-order valence-electron chi connectivity index (χ0n) is 17.4. The molecule has 3 N–H and O–H groups in total. The minimum absolute atomic E-state index is 0. The molecule has 0 radical (unpaired) electrons. The Morgan fingerprint density at radius 1 is 1.25 bits per heavy atom. The number of ether oxygens (including phenoxy) is 2. The minimum Gasteiger partial charge on any atom is -0.497 e. The van der Waals surface area contributed by atoms with Crippen LogP contribution >= 0.6 is 24.0 Å². The number of halogens is 1. The van der Waals surface area contributed by atoms with E-state index >= 15 is 0 Å². The number of aliphatic imine (C=N–C) groups is 1. The van der Waals surface area contributed by atoms with Crippen molar-refractivity contribution in [3.05, 3.63) is 29.8 Å². The molecule has 0 spiro atoms. The summed E-state index contributed by atoms with van der Waals surface area (Å²) >= 11 is 0. The average molecular weight is 506 g/mol. The molecular formula is C20H35IN4O3. The molecule has 1 fully saturated rings. The van der Waals surface area contributed by atoms with Crippen LogP contribution in [0.2, 0.25) is 0 Å². The Kier molecular flexibility index (Phi) is 11.1. The second kappa shape index (κ2) is 12.5. The molecule has 1 aromatic rings. The predicted octanol–water partition coefficient (Wildman–Crippen LogP) is 2.01. The number of morpholine rings is 1. The van der Waals surface area contributed by atoms with Gasteiger partial charge in [-0.2, -0.15) is 0 Å². The molecule has 8 heteroatoms. The van der Waals surface area contributed by atoms with E-state index in [1.165, 1.54) is 0 Å². The van der Waals surface area contributed by atoms with Crippen molar-refractivity contribution >= 4 is 29.9 Å². The number of aliphatic hydroxyl groups is 1. The molecule has 0 saturated carbocycles. The lowest BCUT2D eigenvalue weighted by Gasteiger charge is -2.39. The molecule has 1 saturated heterocycles. The van der Waals surface area contributed by atoms with Gasteiger partial charge < -0.3 is 25.2 Å². The van der Waals surface area contributed by atoms with Crippen LogP contribution in [0.4, 0.5) is 0 Å². The number of guanidine groups is 1. The van der Waals surface area contributed by atoms with E-state index in [0.717, 1.165) is 44.2 Å². The van der Waals surface area contributed by atoms with Gasteiger partial charge in [0.05, 0.1) is 33.0 Å². The van der Waals surface area contributed by atoms with Crippen LogP contribution in [-0.4, -0.2) is 74.6 Å². The summed E-state index contributed by atoms with van der Waals surface area (Å²) in [4.78, 5) is 7.15. The van der Waals surface area contributed by atoms with Crippen molar-refractivity contribution in [2.75, 3.05) is 53.0 Å². The third kappa shape index (κ3) is 7.73. The van der Waals surface area contributed by atoms with Crippen molar-refractivity contribution in [1.82, 2.24) is 15.5 Å². The molecule has 1 heterocycles. The van der Waals surface area contributed by atoms with E-state index in [4.69, 9.17) is 14.5 Å². The fourth-order valence-electron chi connectivity index (χ4n) is 3.02. The SMILES string of the molecule is CCNC(=NCC(C)(C)N1CCOCC1)NCC(O)c1ccc(OC)cc1.I. The highest BCUT2D eigenvalue weighted by Crippen LogP contribution is 2.18. The number of aliphatic hydroxyl groups excluding tert-OH is 1. The Bertz CT molecular complexity index is 590. The van der Waals surface area contributed by atoms with Gasteiger partial charge in [0.25, 0.3) is 0 Å². The third-order valence-corrected chi connectivity index (χ3v) is 4.80. The number of rotatable bonds is 8. The highest BCUT2D eigenvalue weighted by Gasteiger charge is 2.28. The Balaban J connectivity index is 0.00000392. The van der Waals surface area contributed by atoms with Gasteiger partial charge in [0.2, 0.25) is 0 Å². The first-order chi connectivity index (χ1) is 13.0. The van der Waals surface area contributed by atoms with Gasteiger partial charge in [0.15, 0.2) is 5.96 Å². The summed E-state index contributed by atoms with van der Waals surface area (Å²) in [6.07, 6.45) is -0.619. The highest BCUT2D eigenvalue weighted by atomic mass is 127. The first-order valence-corrected chi connectivity index (χ1v) is 9.63. The summed E-state index contributed by atoms with van der Waals surface area (Å²) in [7, 11) is 1.63. The topological polar surface area (TPSA) is 78.4 Å². The summed E-state index contributed by atoms with van der Waals surface area (Å²) in [6.45, 7) is 11.7. The maximum atomic E-state index is 10.4. The molecule has 1 aliphatic rings. The number of hydrogen-bond acceptors (Lipinski definition) is 5. The first kappa shape index (κ1) is 24.9. The van der Waals surface area contributed by atoms with Crippen molar-refractivity contribution in [2.45, 2.75) is 32.4 Å². The van der Waals surface area contributed by atoms with E-state index in [2.05, 4.69) is 29.4 Å². The van der Waals surface area contributed by atoms with Gasteiger partial charge in [-0.05, 0) is 38.5 Å². The van der Waals surface area contributed by atoms with E-state index in [0.29, 0.717) is 19.0 Å². The van der Waals surface area contributed by atoms with Crippen LogP contribution in [0.5, 0.6) is 5.75 Å². The van der Waals surface area contributed by atoms with Crippen molar-refractivity contribution < 1.29 is 14.6 Å². The van der Waals surface area contributed by atoms with Gasteiger partial charge in [-0.15, -0.1) is 24.0 Å². The molecule has 7 nitrogen and oxygen atoms in total. The van der Waals surface area contributed by atoms with Gasteiger partial charge in [-0.3, -0.25) is 9.89 Å². The predicted molar refractivity (Wildman–Crippen MR) is 124 cm³/mol. The maximum Gasteiger partial charge on any atom is 0.191 e. The maximum absolute atomic E-state index is 10.4. The normalized spacial score (nSPS) is 16.8. The average Bonchev–Trinajstić information content (AvgIpc) is 2.70. The monoisotopic (exact) mass is 506 g/mol. The lowest BCUT2D eigenvalue weighted by atomic mass is 10.0. The molecular weight excluding hydrogens is 471 g/mol. The molecule has 0 amide bonds. The number of methoxy groups -OCH3 is 1. The lowest BCUT2D eigenvalue weighted by Crippen LogP contribution is -2.52. The van der Waals surface area contributed by atoms with E-state index < -0.39 is 6.10 Å². The van der Waals surface area contributed by atoms with Crippen molar-refractivity contribution in [3.8, 4) is 5.75 Å². The number of benzene rings is 1. The molecule has 160 valence electrons. The Morgan fingerprint density at radius 2 is 1.89 bits per heavy atom. The van der Waals surface area contributed by atoms with Gasteiger partial charge in [0, 0.05) is 31.7 Å². The summed E-state index contributed by atoms with van der Waals surface area (Å²) < 4.78 is 10.6. The molecule has 0 bridgehead atoms. The Labute approximate surface area is 185 Å².